The van der Waals surface area contributed by atoms with Crippen LogP contribution in [0.3, 0.4) is 0 Å². The fourth-order valence-corrected chi connectivity index (χ4v) is 2.44. The Hall–Kier alpha value is -1.22. The lowest BCUT2D eigenvalue weighted by molar-refractivity contribution is 0.403. The first-order valence-corrected chi connectivity index (χ1v) is 7.95. The number of nitrogens with two attached hydrogens (primary N) is 1. The second-order valence-corrected chi connectivity index (χ2v) is 5.54. The Kier molecular flexibility index (Phi) is 8.88. The zero-order valence-corrected chi connectivity index (χ0v) is 12.5. The van der Waals surface area contributed by atoms with Crippen LogP contribution >= 0.6 is 0 Å². The highest BCUT2D eigenvalue weighted by Crippen LogP contribution is 2.25. The molecule has 20 heavy (non-hydrogen) atoms. The number of aryl methyl sites for hydroxylation is 1. The predicted octanol–water partition coefficient (Wildman–Crippen LogP) is 4.11. The van der Waals surface area contributed by atoms with Gasteiger partial charge in [-0.1, -0.05) is 51.0 Å². The summed E-state index contributed by atoms with van der Waals surface area (Å²) in [7, 11) is 0. The van der Waals surface area contributed by atoms with E-state index in [1.54, 1.807) is 12.1 Å². The topological polar surface area (TPSA) is 66.5 Å². The molecule has 0 bridgehead atoms. The molecule has 1 aromatic rings. The van der Waals surface area contributed by atoms with E-state index in [4.69, 9.17) is 5.73 Å². The maximum atomic E-state index is 9.40. The molecule has 0 amide bonds. The van der Waals surface area contributed by atoms with Gasteiger partial charge >= 0.3 is 0 Å². The van der Waals surface area contributed by atoms with E-state index >= 15 is 0 Å². The third-order valence-electron chi connectivity index (χ3n) is 3.71. The second-order valence-electron chi connectivity index (χ2n) is 5.54. The van der Waals surface area contributed by atoms with Crippen LogP contribution in [-0.4, -0.2) is 16.8 Å². The molecule has 0 aromatic heterocycles. The van der Waals surface area contributed by atoms with E-state index in [-0.39, 0.29) is 11.5 Å². The Labute approximate surface area is 122 Å². The first-order chi connectivity index (χ1) is 9.74. The van der Waals surface area contributed by atoms with Crippen LogP contribution in [0.15, 0.2) is 18.2 Å². The van der Waals surface area contributed by atoms with Gasteiger partial charge in [0, 0.05) is 0 Å². The number of rotatable bonds is 11. The molecule has 1 rings (SSSR count). The average molecular weight is 279 g/mol. The van der Waals surface area contributed by atoms with Crippen molar-refractivity contribution in [3.63, 3.8) is 0 Å². The van der Waals surface area contributed by atoms with Gasteiger partial charge in [-0.05, 0) is 43.5 Å². The van der Waals surface area contributed by atoms with Crippen LogP contribution in [0, 0.1) is 0 Å². The fraction of sp³-hybridized carbons (Fsp3) is 0.647. The number of aromatic hydroxyl groups is 2. The molecule has 0 saturated carbocycles. The summed E-state index contributed by atoms with van der Waals surface area (Å²) in [5.41, 5.74) is 6.56. The number of benzene rings is 1. The van der Waals surface area contributed by atoms with Crippen molar-refractivity contribution in [1.29, 1.82) is 0 Å². The summed E-state index contributed by atoms with van der Waals surface area (Å²) in [5.74, 6) is -0.0524. The van der Waals surface area contributed by atoms with Gasteiger partial charge in [0.05, 0.1) is 0 Å². The minimum Gasteiger partial charge on any atom is -0.504 e. The molecule has 4 N–H and O–H groups in total. The highest BCUT2D eigenvalue weighted by Gasteiger charge is 2.00. The zero-order chi connectivity index (χ0) is 14.6. The maximum absolute atomic E-state index is 9.40. The van der Waals surface area contributed by atoms with Crippen LogP contribution in [0.1, 0.15) is 63.4 Å². The Morgan fingerprint density at radius 3 is 1.80 bits per heavy atom. The minimum atomic E-state index is -0.0385. The predicted molar refractivity (Wildman–Crippen MR) is 84.1 cm³/mol. The van der Waals surface area contributed by atoms with Crippen molar-refractivity contribution in [3.05, 3.63) is 23.8 Å². The summed E-state index contributed by atoms with van der Waals surface area (Å²) < 4.78 is 0. The van der Waals surface area contributed by atoms with Crippen LogP contribution in [-0.2, 0) is 6.42 Å². The van der Waals surface area contributed by atoms with E-state index < -0.39 is 0 Å². The minimum absolute atomic E-state index is 0.0139. The highest BCUT2D eigenvalue weighted by molar-refractivity contribution is 5.40. The smallest absolute Gasteiger partial charge is 0.157 e. The van der Waals surface area contributed by atoms with Gasteiger partial charge in [0.2, 0.25) is 0 Å². The standard InChI is InChI=1S/C17H29NO2/c18-13-9-7-5-3-1-2-4-6-8-10-15-11-12-16(19)17(20)14-15/h11-12,14,19-20H,1-10,13,18H2. The second kappa shape index (κ2) is 10.6. The molecule has 0 radical (unpaired) electrons. The summed E-state index contributed by atoms with van der Waals surface area (Å²) in [6.07, 6.45) is 12.4. The van der Waals surface area contributed by atoms with Crippen molar-refractivity contribution in [2.45, 2.75) is 64.2 Å². The van der Waals surface area contributed by atoms with E-state index in [2.05, 4.69) is 0 Å². The number of phenols is 2. The molecule has 1 aromatic carbocycles. The molecule has 0 heterocycles. The van der Waals surface area contributed by atoms with E-state index in [1.807, 2.05) is 6.07 Å². The summed E-state index contributed by atoms with van der Waals surface area (Å²) in [6.45, 7) is 0.826. The molecular formula is C17H29NO2. The molecule has 0 aliphatic carbocycles. The maximum Gasteiger partial charge on any atom is 0.157 e. The summed E-state index contributed by atoms with van der Waals surface area (Å²) in [4.78, 5) is 0. The number of hydrogen-bond donors (Lipinski definition) is 3. The summed E-state index contributed by atoms with van der Waals surface area (Å²) in [5, 5.41) is 18.6. The van der Waals surface area contributed by atoms with Crippen LogP contribution in [0.25, 0.3) is 0 Å². The molecule has 0 spiro atoms. The van der Waals surface area contributed by atoms with Gasteiger partial charge in [-0.3, -0.25) is 0 Å². The summed E-state index contributed by atoms with van der Waals surface area (Å²) in [6, 6.07) is 5.10. The Morgan fingerprint density at radius 2 is 1.25 bits per heavy atom. The van der Waals surface area contributed by atoms with Crippen molar-refractivity contribution in [1.82, 2.24) is 0 Å². The fourth-order valence-electron chi connectivity index (χ4n) is 2.44. The van der Waals surface area contributed by atoms with Crippen LogP contribution < -0.4 is 5.73 Å². The van der Waals surface area contributed by atoms with Crippen molar-refractivity contribution >= 4 is 0 Å². The van der Waals surface area contributed by atoms with Gasteiger partial charge in [-0.25, -0.2) is 0 Å². The van der Waals surface area contributed by atoms with Crippen LogP contribution in [0.5, 0.6) is 11.5 Å². The molecule has 0 aliphatic heterocycles. The largest absolute Gasteiger partial charge is 0.504 e. The van der Waals surface area contributed by atoms with E-state index in [1.165, 1.54) is 51.4 Å². The monoisotopic (exact) mass is 279 g/mol. The Morgan fingerprint density at radius 1 is 0.700 bits per heavy atom. The van der Waals surface area contributed by atoms with Crippen molar-refractivity contribution in [3.8, 4) is 11.5 Å². The number of unbranched alkanes of at least 4 members (excludes halogenated alkanes) is 8. The third-order valence-corrected chi connectivity index (χ3v) is 3.71. The molecule has 0 fully saturated rings. The van der Waals surface area contributed by atoms with Gasteiger partial charge in [0.25, 0.3) is 0 Å². The third kappa shape index (κ3) is 7.39. The lowest BCUT2D eigenvalue weighted by Gasteiger charge is -2.04. The highest BCUT2D eigenvalue weighted by atomic mass is 16.3. The van der Waals surface area contributed by atoms with Crippen molar-refractivity contribution in [2.75, 3.05) is 6.54 Å². The van der Waals surface area contributed by atoms with Gasteiger partial charge in [0.1, 0.15) is 0 Å². The molecule has 0 unspecified atom stereocenters. The van der Waals surface area contributed by atoms with Crippen LogP contribution in [0.2, 0.25) is 0 Å². The van der Waals surface area contributed by atoms with E-state index in [0.717, 1.165) is 24.9 Å². The molecule has 3 heteroatoms. The lowest BCUT2D eigenvalue weighted by atomic mass is 10.0. The Balaban J connectivity index is 1.95. The molecule has 3 nitrogen and oxygen atoms in total. The molecule has 114 valence electrons. The SMILES string of the molecule is NCCCCCCCCCCCc1ccc(O)c(O)c1. The Bertz CT molecular complexity index is 366. The first kappa shape index (κ1) is 16.8. The number of hydrogen-bond acceptors (Lipinski definition) is 3. The van der Waals surface area contributed by atoms with Gasteiger partial charge in [0.15, 0.2) is 11.5 Å². The summed E-state index contributed by atoms with van der Waals surface area (Å²) >= 11 is 0. The van der Waals surface area contributed by atoms with Gasteiger partial charge in [-0.15, -0.1) is 0 Å². The van der Waals surface area contributed by atoms with Gasteiger partial charge in [-0.2, -0.15) is 0 Å². The quantitative estimate of drug-likeness (QED) is 0.422. The number of phenolic OH excluding ortho intramolecular Hbond substituents is 2. The average Bonchev–Trinajstić information content (AvgIpc) is 2.45. The van der Waals surface area contributed by atoms with Crippen LogP contribution in [0.4, 0.5) is 0 Å². The van der Waals surface area contributed by atoms with E-state index in [0.29, 0.717) is 0 Å². The molecule has 0 atom stereocenters. The zero-order valence-electron chi connectivity index (χ0n) is 12.5. The van der Waals surface area contributed by atoms with Crippen molar-refractivity contribution in [2.24, 2.45) is 5.73 Å². The van der Waals surface area contributed by atoms with Crippen molar-refractivity contribution < 1.29 is 10.2 Å². The molecule has 0 saturated heterocycles. The first-order valence-electron chi connectivity index (χ1n) is 7.95. The molecule has 0 aliphatic rings. The van der Waals surface area contributed by atoms with E-state index in [9.17, 15) is 10.2 Å². The van der Waals surface area contributed by atoms with Gasteiger partial charge < -0.3 is 15.9 Å². The lowest BCUT2D eigenvalue weighted by Crippen LogP contribution is -1.97. The molecular weight excluding hydrogens is 250 g/mol. The normalized spacial score (nSPS) is 10.8.